The molecule has 0 amide bonds. The minimum atomic E-state index is -0.859. The number of aliphatic hydroxyl groups is 1. The van der Waals surface area contributed by atoms with Gasteiger partial charge in [-0.3, -0.25) is 4.79 Å². The molecule has 1 aromatic carbocycles. The SMILES string of the molecule is COc1cccc([C@@H](O)CC(C)=O)c1OC. The van der Waals surface area contributed by atoms with Crippen LogP contribution >= 0.6 is 0 Å². The lowest BCUT2D eigenvalue weighted by Gasteiger charge is -2.16. The molecule has 0 aliphatic heterocycles. The number of hydrogen-bond donors (Lipinski definition) is 1. The largest absolute Gasteiger partial charge is 0.493 e. The fourth-order valence-electron chi connectivity index (χ4n) is 1.56. The van der Waals surface area contributed by atoms with E-state index >= 15 is 0 Å². The predicted octanol–water partition coefficient (Wildman–Crippen LogP) is 1.72. The predicted molar refractivity (Wildman–Crippen MR) is 59.8 cm³/mol. The minimum absolute atomic E-state index is 0.0719. The fraction of sp³-hybridized carbons (Fsp3) is 0.417. The van der Waals surface area contributed by atoms with Gasteiger partial charge in [-0.1, -0.05) is 12.1 Å². The van der Waals surface area contributed by atoms with Gasteiger partial charge in [0.1, 0.15) is 5.78 Å². The second-order valence-electron chi connectivity index (χ2n) is 3.50. The second-order valence-corrected chi connectivity index (χ2v) is 3.50. The van der Waals surface area contributed by atoms with Crippen LogP contribution in [-0.4, -0.2) is 25.1 Å². The zero-order valence-electron chi connectivity index (χ0n) is 9.69. The van der Waals surface area contributed by atoms with Crippen LogP contribution < -0.4 is 9.47 Å². The lowest BCUT2D eigenvalue weighted by molar-refractivity contribution is -0.118. The van der Waals surface area contributed by atoms with Gasteiger partial charge in [-0.2, -0.15) is 0 Å². The summed E-state index contributed by atoms with van der Waals surface area (Å²) >= 11 is 0. The van der Waals surface area contributed by atoms with Gasteiger partial charge >= 0.3 is 0 Å². The van der Waals surface area contributed by atoms with E-state index in [9.17, 15) is 9.90 Å². The van der Waals surface area contributed by atoms with Crippen LogP contribution in [0.1, 0.15) is 25.0 Å². The van der Waals surface area contributed by atoms with E-state index in [0.29, 0.717) is 17.1 Å². The fourth-order valence-corrected chi connectivity index (χ4v) is 1.56. The maximum absolute atomic E-state index is 10.9. The van der Waals surface area contributed by atoms with Gasteiger partial charge < -0.3 is 14.6 Å². The Bertz CT molecular complexity index is 373. The summed E-state index contributed by atoms with van der Waals surface area (Å²) < 4.78 is 10.3. The highest BCUT2D eigenvalue weighted by molar-refractivity contribution is 5.76. The van der Waals surface area contributed by atoms with E-state index in [1.807, 2.05) is 0 Å². The van der Waals surface area contributed by atoms with Gasteiger partial charge in [-0.25, -0.2) is 0 Å². The van der Waals surface area contributed by atoms with Crippen molar-refractivity contribution >= 4 is 5.78 Å². The maximum Gasteiger partial charge on any atom is 0.166 e. The summed E-state index contributed by atoms with van der Waals surface area (Å²) in [6.07, 6.45) is -0.786. The van der Waals surface area contributed by atoms with E-state index in [-0.39, 0.29) is 12.2 Å². The molecular formula is C12H16O4. The number of rotatable bonds is 5. The van der Waals surface area contributed by atoms with Gasteiger partial charge in [0, 0.05) is 12.0 Å². The third kappa shape index (κ3) is 2.73. The summed E-state index contributed by atoms with van der Waals surface area (Å²) in [5, 5.41) is 9.87. The van der Waals surface area contributed by atoms with Crippen molar-refractivity contribution in [3.8, 4) is 11.5 Å². The number of carbonyl (C=O) groups excluding carboxylic acids is 1. The molecule has 1 atom stereocenters. The van der Waals surface area contributed by atoms with Crippen LogP contribution in [0.15, 0.2) is 18.2 Å². The molecule has 0 unspecified atom stereocenters. The molecule has 0 saturated heterocycles. The van der Waals surface area contributed by atoms with Crippen LogP contribution in [0, 0.1) is 0 Å². The zero-order chi connectivity index (χ0) is 12.1. The maximum atomic E-state index is 10.9. The molecule has 4 nitrogen and oxygen atoms in total. The highest BCUT2D eigenvalue weighted by Crippen LogP contribution is 2.35. The quantitative estimate of drug-likeness (QED) is 0.827. The van der Waals surface area contributed by atoms with Crippen LogP contribution in [-0.2, 0) is 4.79 Å². The number of hydrogen-bond acceptors (Lipinski definition) is 4. The van der Waals surface area contributed by atoms with Crippen molar-refractivity contribution in [1.29, 1.82) is 0 Å². The molecule has 88 valence electrons. The Labute approximate surface area is 94.8 Å². The smallest absolute Gasteiger partial charge is 0.166 e. The molecule has 1 rings (SSSR count). The molecular weight excluding hydrogens is 208 g/mol. The summed E-state index contributed by atoms with van der Waals surface area (Å²) in [6.45, 7) is 1.44. The number of Topliss-reactive ketones (excluding diaryl/α,β-unsaturated/α-hetero) is 1. The van der Waals surface area contributed by atoms with Gasteiger partial charge in [-0.15, -0.1) is 0 Å². The van der Waals surface area contributed by atoms with Crippen LogP contribution in [0.4, 0.5) is 0 Å². The molecule has 4 heteroatoms. The number of carbonyl (C=O) groups is 1. The number of aliphatic hydroxyl groups excluding tert-OH is 1. The van der Waals surface area contributed by atoms with E-state index in [4.69, 9.17) is 9.47 Å². The third-order valence-corrected chi connectivity index (χ3v) is 2.27. The molecule has 0 aromatic heterocycles. The van der Waals surface area contributed by atoms with Crippen molar-refractivity contribution in [3.63, 3.8) is 0 Å². The van der Waals surface area contributed by atoms with Crippen LogP contribution in [0.25, 0.3) is 0 Å². The average Bonchev–Trinajstić information content (AvgIpc) is 2.26. The molecule has 0 heterocycles. The standard InChI is InChI=1S/C12H16O4/c1-8(13)7-10(14)9-5-4-6-11(15-2)12(9)16-3/h4-6,10,14H,7H2,1-3H3/t10-/m0/s1. The van der Waals surface area contributed by atoms with Gasteiger partial charge in [0.05, 0.1) is 20.3 Å². The van der Waals surface area contributed by atoms with Crippen molar-refractivity contribution in [1.82, 2.24) is 0 Å². The Kier molecular flexibility index (Phi) is 4.31. The topological polar surface area (TPSA) is 55.8 Å². The monoisotopic (exact) mass is 224 g/mol. The van der Waals surface area contributed by atoms with Crippen LogP contribution in [0.2, 0.25) is 0 Å². The summed E-state index contributed by atoms with van der Waals surface area (Å²) in [7, 11) is 3.03. The lowest BCUT2D eigenvalue weighted by Crippen LogP contribution is -2.06. The van der Waals surface area contributed by atoms with Crippen LogP contribution in [0.5, 0.6) is 11.5 Å². The summed E-state index contributed by atoms with van der Waals surface area (Å²) in [5.74, 6) is 0.943. The number of methoxy groups -OCH3 is 2. The highest BCUT2D eigenvalue weighted by Gasteiger charge is 2.17. The Balaban J connectivity index is 3.07. The Morgan fingerprint density at radius 2 is 2.06 bits per heavy atom. The molecule has 0 bridgehead atoms. The Hall–Kier alpha value is -1.55. The molecule has 0 radical (unpaired) electrons. The second kappa shape index (κ2) is 5.51. The van der Waals surface area contributed by atoms with Crippen molar-refractivity contribution < 1.29 is 19.4 Å². The van der Waals surface area contributed by atoms with Crippen molar-refractivity contribution in [3.05, 3.63) is 23.8 Å². The zero-order valence-corrected chi connectivity index (χ0v) is 9.69. The molecule has 1 aromatic rings. The highest BCUT2D eigenvalue weighted by atomic mass is 16.5. The van der Waals surface area contributed by atoms with Gasteiger partial charge in [0.2, 0.25) is 0 Å². The van der Waals surface area contributed by atoms with E-state index < -0.39 is 6.10 Å². The van der Waals surface area contributed by atoms with Gasteiger partial charge in [0.15, 0.2) is 11.5 Å². The average molecular weight is 224 g/mol. The summed E-state index contributed by atoms with van der Waals surface area (Å²) in [5.41, 5.74) is 0.567. The van der Waals surface area contributed by atoms with E-state index in [1.165, 1.54) is 21.1 Å². The molecule has 0 fully saturated rings. The van der Waals surface area contributed by atoms with Crippen molar-refractivity contribution in [2.75, 3.05) is 14.2 Å². The normalized spacial score (nSPS) is 12.0. The van der Waals surface area contributed by atoms with Gasteiger partial charge in [-0.05, 0) is 13.0 Å². The first-order chi connectivity index (χ1) is 7.60. The lowest BCUT2D eigenvalue weighted by atomic mass is 10.0. The molecule has 0 saturated carbocycles. The molecule has 1 N–H and O–H groups in total. The first kappa shape index (κ1) is 12.5. The number of benzene rings is 1. The van der Waals surface area contributed by atoms with Crippen LogP contribution in [0.3, 0.4) is 0 Å². The number of para-hydroxylation sites is 1. The summed E-state index contributed by atoms with van der Waals surface area (Å²) in [4.78, 5) is 10.9. The molecule has 16 heavy (non-hydrogen) atoms. The first-order valence-electron chi connectivity index (χ1n) is 4.98. The summed E-state index contributed by atoms with van der Waals surface area (Å²) in [6, 6.07) is 5.21. The number of ketones is 1. The van der Waals surface area contributed by atoms with E-state index in [2.05, 4.69) is 0 Å². The van der Waals surface area contributed by atoms with E-state index in [1.54, 1.807) is 18.2 Å². The van der Waals surface area contributed by atoms with E-state index in [0.717, 1.165) is 0 Å². The number of ether oxygens (including phenoxy) is 2. The van der Waals surface area contributed by atoms with Crippen molar-refractivity contribution in [2.45, 2.75) is 19.4 Å². The van der Waals surface area contributed by atoms with Gasteiger partial charge in [0.25, 0.3) is 0 Å². The Morgan fingerprint density at radius 1 is 1.38 bits per heavy atom. The third-order valence-electron chi connectivity index (χ3n) is 2.27. The molecule has 0 aliphatic rings. The Morgan fingerprint density at radius 3 is 2.56 bits per heavy atom. The van der Waals surface area contributed by atoms with Crippen molar-refractivity contribution in [2.24, 2.45) is 0 Å². The molecule has 0 aliphatic carbocycles. The first-order valence-corrected chi connectivity index (χ1v) is 4.98. The minimum Gasteiger partial charge on any atom is -0.493 e. The molecule has 0 spiro atoms.